The Labute approximate surface area is 142 Å². The lowest BCUT2D eigenvalue weighted by molar-refractivity contribution is -0.386. The molecule has 0 bridgehead atoms. The lowest BCUT2D eigenvalue weighted by atomic mass is 10.1. The topological polar surface area (TPSA) is 133 Å². The largest absolute Gasteiger partial charge is 0.350 e. The summed E-state index contributed by atoms with van der Waals surface area (Å²) in [6.45, 7) is 5.20. The first kappa shape index (κ1) is 18.0. The van der Waals surface area contributed by atoms with Crippen LogP contribution in [0.15, 0.2) is 18.2 Å². The van der Waals surface area contributed by atoms with E-state index in [1.54, 1.807) is 20.8 Å². The molecule has 0 aliphatic heterocycles. The Bertz CT molecular complexity index is 858. The van der Waals surface area contributed by atoms with E-state index in [0.717, 1.165) is 0 Å². The van der Waals surface area contributed by atoms with Gasteiger partial charge < -0.3 is 5.32 Å². The lowest BCUT2D eigenvalue weighted by Gasteiger charge is -2.07. The lowest BCUT2D eigenvalue weighted by Crippen LogP contribution is -2.27. The molecule has 1 N–H and O–H groups in total. The first-order valence-corrected chi connectivity index (χ1v) is 7.44. The molecule has 2 aromatic rings. The summed E-state index contributed by atoms with van der Waals surface area (Å²) in [7, 11) is 0. The number of rotatable bonds is 6. The molecular formula is C15H17N5O5. The Morgan fingerprint density at radius 3 is 2.40 bits per heavy atom. The third-order valence-corrected chi connectivity index (χ3v) is 3.79. The van der Waals surface area contributed by atoms with Gasteiger partial charge in [-0.2, -0.15) is 5.10 Å². The minimum absolute atomic E-state index is 0.0303. The molecule has 10 heteroatoms. The van der Waals surface area contributed by atoms with Crippen molar-refractivity contribution < 1.29 is 14.6 Å². The number of aromatic nitrogens is 2. The highest BCUT2D eigenvalue weighted by Gasteiger charge is 2.21. The van der Waals surface area contributed by atoms with Crippen molar-refractivity contribution >= 4 is 17.3 Å². The van der Waals surface area contributed by atoms with Gasteiger partial charge >= 0.3 is 5.69 Å². The van der Waals surface area contributed by atoms with Gasteiger partial charge in [-0.1, -0.05) is 0 Å². The van der Waals surface area contributed by atoms with Crippen LogP contribution in [0.2, 0.25) is 0 Å². The molecule has 0 atom stereocenters. The third kappa shape index (κ3) is 3.79. The summed E-state index contributed by atoms with van der Waals surface area (Å²) in [4.78, 5) is 32.9. The van der Waals surface area contributed by atoms with Crippen LogP contribution in [0, 0.1) is 41.0 Å². The highest BCUT2D eigenvalue weighted by atomic mass is 16.6. The summed E-state index contributed by atoms with van der Waals surface area (Å²) in [6, 6.07) is 4.12. The molecule has 0 saturated carbocycles. The zero-order valence-corrected chi connectivity index (χ0v) is 14.0. The van der Waals surface area contributed by atoms with Gasteiger partial charge in [0.1, 0.15) is 11.4 Å². The van der Waals surface area contributed by atoms with Gasteiger partial charge in [-0.3, -0.25) is 29.7 Å². The van der Waals surface area contributed by atoms with Crippen molar-refractivity contribution in [3.63, 3.8) is 0 Å². The Morgan fingerprint density at radius 1 is 1.20 bits per heavy atom. The fraction of sp³-hybridized carbons (Fsp3) is 0.333. The molecule has 25 heavy (non-hydrogen) atoms. The van der Waals surface area contributed by atoms with Crippen LogP contribution in [0.25, 0.3) is 0 Å². The highest BCUT2D eigenvalue weighted by Crippen LogP contribution is 2.21. The fourth-order valence-corrected chi connectivity index (χ4v) is 2.55. The Hall–Kier alpha value is -3.30. The Balaban J connectivity index is 2.02. The monoisotopic (exact) mass is 347 g/mol. The van der Waals surface area contributed by atoms with Crippen molar-refractivity contribution in [3.05, 3.63) is 60.9 Å². The minimum Gasteiger partial charge on any atom is -0.350 e. The number of carbonyl (C=O) groups is 1. The second-order valence-corrected chi connectivity index (χ2v) is 5.51. The van der Waals surface area contributed by atoms with Gasteiger partial charge in [-0.05, 0) is 32.9 Å². The van der Waals surface area contributed by atoms with E-state index in [9.17, 15) is 25.0 Å². The first-order chi connectivity index (χ1) is 11.7. The van der Waals surface area contributed by atoms with Crippen molar-refractivity contribution in [1.29, 1.82) is 0 Å². The zero-order valence-electron chi connectivity index (χ0n) is 14.0. The smallest absolute Gasteiger partial charge is 0.312 e. The van der Waals surface area contributed by atoms with E-state index < -0.39 is 9.85 Å². The van der Waals surface area contributed by atoms with Gasteiger partial charge in [-0.25, -0.2) is 0 Å². The summed E-state index contributed by atoms with van der Waals surface area (Å²) >= 11 is 0. The summed E-state index contributed by atoms with van der Waals surface area (Å²) in [5.74, 6) is -0.381. The number of hydrogen-bond donors (Lipinski definition) is 1. The van der Waals surface area contributed by atoms with E-state index in [2.05, 4.69) is 10.4 Å². The molecule has 0 saturated heterocycles. The predicted molar refractivity (Wildman–Crippen MR) is 88.5 cm³/mol. The van der Waals surface area contributed by atoms with E-state index in [0.29, 0.717) is 22.5 Å². The van der Waals surface area contributed by atoms with Crippen molar-refractivity contribution in [2.24, 2.45) is 0 Å². The number of carbonyl (C=O) groups excluding carboxylic acids is 1. The molecule has 0 aliphatic rings. The maximum atomic E-state index is 12.1. The normalized spacial score (nSPS) is 10.5. The zero-order chi connectivity index (χ0) is 18.7. The van der Waals surface area contributed by atoms with Gasteiger partial charge in [0.15, 0.2) is 0 Å². The minimum atomic E-state index is -0.507. The number of nitro groups is 2. The molecule has 1 aromatic heterocycles. The van der Waals surface area contributed by atoms with Crippen molar-refractivity contribution in [1.82, 2.24) is 15.1 Å². The molecule has 1 aromatic carbocycles. The number of hydrogen-bond acceptors (Lipinski definition) is 6. The van der Waals surface area contributed by atoms with E-state index in [-0.39, 0.29) is 30.4 Å². The van der Waals surface area contributed by atoms with Crippen molar-refractivity contribution in [3.8, 4) is 0 Å². The summed E-state index contributed by atoms with van der Waals surface area (Å²) in [5, 5.41) is 28.5. The molecule has 0 unspecified atom stereocenters. The number of nitrogens with one attached hydrogen (secondary N) is 1. The van der Waals surface area contributed by atoms with Crippen LogP contribution in [-0.2, 0) is 6.54 Å². The van der Waals surface area contributed by atoms with E-state index >= 15 is 0 Å². The quantitative estimate of drug-likeness (QED) is 0.628. The molecule has 0 spiro atoms. The van der Waals surface area contributed by atoms with Crippen LogP contribution in [0.3, 0.4) is 0 Å². The Kier molecular flexibility index (Phi) is 5.11. The summed E-state index contributed by atoms with van der Waals surface area (Å²) in [5.41, 5.74) is 1.36. The number of nitrogens with zero attached hydrogens (tertiary/aromatic N) is 4. The predicted octanol–water partition coefficient (Wildman–Crippen LogP) is 2.05. The molecular weight excluding hydrogens is 330 g/mol. The molecule has 132 valence electrons. The van der Waals surface area contributed by atoms with Crippen LogP contribution in [0.4, 0.5) is 11.4 Å². The highest BCUT2D eigenvalue weighted by molar-refractivity contribution is 5.94. The molecule has 1 heterocycles. The molecule has 2 rings (SSSR count). The van der Waals surface area contributed by atoms with Gasteiger partial charge in [0.25, 0.3) is 11.6 Å². The molecule has 1 amide bonds. The van der Waals surface area contributed by atoms with Gasteiger partial charge in [0.2, 0.25) is 0 Å². The van der Waals surface area contributed by atoms with E-state index in [1.165, 1.54) is 22.9 Å². The standard InChI is InChI=1S/C15H17N5O5/c1-9-8-12(4-5-13(9)19(22)23)15(21)16-6-7-18-11(3)14(20(24)25)10(2)17-18/h4-5,8H,6-7H2,1-3H3,(H,16,21). The van der Waals surface area contributed by atoms with E-state index in [1.807, 2.05) is 0 Å². The average Bonchev–Trinajstić information content (AvgIpc) is 2.80. The number of aryl methyl sites for hydroxylation is 2. The number of benzene rings is 1. The molecule has 0 radical (unpaired) electrons. The summed E-state index contributed by atoms with van der Waals surface area (Å²) < 4.78 is 1.47. The number of amides is 1. The maximum Gasteiger partial charge on any atom is 0.312 e. The van der Waals surface area contributed by atoms with Gasteiger partial charge in [0, 0.05) is 23.7 Å². The molecule has 10 nitrogen and oxygen atoms in total. The second-order valence-electron chi connectivity index (χ2n) is 5.51. The summed E-state index contributed by atoms with van der Waals surface area (Å²) in [6.07, 6.45) is 0. The van der Waals surface area contributed by atoms with E-state index in [4.69, 9.17) is 0 Å². The van der Waals surface area contributed by atoms with Crippen molar-refractivity contribution in [2.75, 3.05) is 6.54 Å². The SMILES string of the molecule is Cc1cc(C(=O)NCCn2nc(C)c([N+](=O)[O-])c2C)ccc1[N+](=O)[O-]. The first-order valence-electron chi connectivity index (χ1n) is 7.44. The van der Waals surface area contributed by atoms with Crippen LogP contribution in [0.5, 0.6) is 0 Å². The third-order valence-electron chi connectivity index (χ3n) is 3.79. The van der Waals surface area contributed by atoms with Gasteiger partial charge in [-0.15, -0.1) is 0 Å². The van der Waals surface area contributed by atoms with Crippen LogP contribution in [0.1, 0.15) is 27.3 Å². The Morgan fingerprint density at radius 2 is 1.88 bits per heavy atom. The second kappa shape index (κ2) is 7.07. The average molecular weight is 347 g/mol. The van der Waals surface area contributed by atoms with Crippen LogP contribution in [-0.4, -0.2) is 32.1 Å². The maximum absolute atomic E-state index is 12.1. The van der Waals surface area contributed by atoms with Gasteiger partial charge in [0.05, 0.1) is 16.4 Å². The fourth-order valence-electron chi connectivity index (χ4n) is 2.55. The molecule has 0 aliphatic carbocycles. The molecule has 0 fully saturated rings. The van der Waals surface area contributed by atoms with Crippen LogP contribution >= 0.6 is 0 Å². The number of nitro benzene ring substituents is 1. The van der Waals surface area contributed by atoms with Crippen LogP contribution < -0.4 is 5.32 Å². The van der Waals surface area contributed by atoms with Crippen molar-refractivity contribution in [2.45, 2.75) is 27.3 Å².